The molecule has 2 heteroatoms. The summed E-state index contributed by atoms with van der Waals surface area (Å²) in [6.07, 6.45) is 5.56. The van der Waals surface area contributed by atoms with Crippen molar-refractivity contribution in [2.45, 2.75) is 58.4 Å². The maximum atomic E-state index is 12.6. The second-order valence-electron chi connectivity index (χ2n) is 5.84. The molecule has 1 fully saturated rings. The number of rotatable bonds is 4. The topological polar surface area (TPSA) is 20.3 Å². The van der Waals surface area contributed by atoms with Gasteiger partial charge in [-0.25, -0.2) is 0 Å². The van der Waals surface area contributed by atoms with Crippen molar-refractivity contribution in [3.63, 3.8) is 0 Å². The Morgan fingerprint density at radius 2 is 1.75 bits per heavy atom. The summed E-state index contributed by atoms with van der Waals surface area (Å²) in [7, 11) is 4.04. The number of carbonyl (C=O) groups is 1. The van der Waals surface area contributed by atoms with E-state index in [4.69, 9.17) is 0 Å². The smallest absolute Gasteiger partial charge is 0.155 e. The van der Waals surface area contributed by atoms with Gasteiger partial charge in [0.25, 0.3) is 0 Å². The molecule has 0 saturated heterocycles. The molecule has 94 valence electrons. The first-order valence-corrected chi connectivity index (χ1v) is 6.63. The second-order valence-corrected chi connectivity index (χ2v) is 5.84. The monoisotopic (exact) mass is 225 g/mol. The minimum absolute atomic E-state index is 0.259. The highest BCUT2D eigenvalue weighted by Gasteiger charge is 2.38. The Labute approximate surface area is 100 Å². The molecule has 0 spiro atoms. The van der Waals surface area contributed by atoms with Crippen molar-refractivity contribution in [3.05, 3.63) is 0 Å². The fraction of sp³-hybridized carbons (Fsp3) is 0.929. The molecule has 0 radical (unpaired) electrons. The van der Waals surface area contributed by atoms with Crippen LogP contribution in [0.2, 0.25) is 0 Å². The third kappa shape index (κ3) is 2.65. The lowest BCUT2D eigenvalue weighted by atomic mass is 9.74. The van der Waals surface area contributed by atoms with Gasteiger partial charge in [-0.15, -0.1) is 0 Å². The predicted octanol–water partition coefficient (Wildman–Crippen LogP) is 3.11. The molecule has 0 bridgehead atoms. The summed E-state index contributed by atoms with van der Waals surface area (Å²) in [5, 5.41) is 0. The maximum Gasteiger partial charge on any atom is 0.155 e. The summed E-state index contributed by atoms with van der Waals surface area (Å²) >= 11 is 0. The summed E-state index contributed by atoms with van der Waals surface area (Å²) < 4.78 is 0. The third-order valence-corrected chi connectivity index (χ3v) is 4.59. The van der Waals surface area contributed by atoms with Gasteiger partial charge in [0, 0.05) is 5.92 Å². The lowest BCUT2D eigenvalue weighted by molar-refractivity contribution is -0.134. The Bertz CT molecular complexity index is 241. The maximum absolute atomic E-state index is 12.6. The molecule has 1 atom stereocenters. The Balaban J connectivity index is 2.69. The Morgan fingerprint density at radius 3 is 2.12 bits per heavy atom. The van der Waals surface area contributed by atoms with Crippen molar-refractivity contribution >= 4 is 5.78 Å². The molecular formula is C14H27NO. The molecule has 0 N–H and O–H groups in total. The Hall–Kier alpha value is -0.370. The summed E-state index contributed by atoms with van der Waals surface area (Å²) in [6, 6.07) is 0. The molecule has 16 heavy (non-hydrogen) atoms. The van der Waals surface area contributed by atoms with Crippen LogP contribution in [0.25, 0.3) is 0 Å². The van der Waals surface area contributed by atoms with Gasteiger partial charge in [0.1, 0.15) is 0 Å². The zero-order valence-electron chi connectivity index (χ0n) is 11.5. The van der Waals surface area contributed by atoms with Crippen LogP contribution in [0.15, 0.2) is 0 Å². The quantitative estimate of drug-likeness (QED) is 0.732. The van der Waals surface area contributed by atoms with Gasteiger partial charge < -0.3 is 0 Å². The van der Waals surface area contributed by atoms with E-state index in [1.807, 2.05) is 14.1 Å². The van der Waals surface area contributed by atoms with Gasteiger partial charge in [-0.3, -0.25) is 9.69 Å². The molecule has 1 unspecified atom stereocenters. The van der Waals surface area contributed by atoms with Crippen molar-refractivity contribution in [2.75, 3.05) is 14.1 Å². The predicted molar refractivity (Wildman–Crippen MR) is 68.5 cm³/mol. The fourth-order valence-electron chi connectivity index (χ4n) is 2.67. The number of carbonyl (C=O) groups excluding carboxylic acids is 1. The minimum atomic E-state index is -0.259. The molecule has 1 saturated carbocycles. The van der Waals surface area contributed by atoms with Crippen LogP contribution in [0.1, 0.15) is 52.9 Å². The summed E-state index contributed by atoms with van der Waals surface area (Å²) in [5.74, 6) is 1.59. The van der Waals surface area contributed by atoms with Gasteiger partial charge in [0.2, 0.25) is 0 Å². The second kappa shape index (κ2) is 5.31. The molecule has 1 aliphatic carbocycles. The third-order valence-electron chi connectivity index (χ3n) is 4.59. The average molecular weight is 225 g/mol. The highest BCUT2D eigenvalue weighted by molar-refractivity contribution is 5.90. The van der Waals surface area contributed by atoms with E-state index in [2.05, 4.69) is 25.7 Å². The van der Waals surface area contributed by atoms with Crippen LogP contribution < -0.4 is 0 Å². The standard InChI is InChI=1S/C14H27NO/c1-6-14(3,15(4)5)13(16)12-9-7-11(2)8-10-12/h11-12H,6-10H2,1-5H3. The number of nitrogens with zero attached hydrogens (tertiary/aromatic N) is 1. The van der Waals surface area contributed by atoms with E-state index in [0.717, 1.165) is 25.2 Å². The lowest BCUT2D eigenvalue weighted by Gasteiger charge is -2.38. The van der Waals surface area contributed by atoms with Gasteiger partial charge in [-0.05, 0) is 46.2 Å². The van der Waals surface area contributed by atoms with E-state index in [-0.39, 0.29) is 5.54 Å². The van der Waals surface area contributed by atoms with E-state index in [9.17, 15) is 4.79 Å². The van der Waals surface area contributed by atoms with E-state index in [1.165, 1.54) is 12.8 Å². The summed E-state index contributed by atoms with van der Waals surface area (Å²) in [6.45, 7) is 6.50. The van der Waals surface area contributed by atoms with E-state index >= 15 is 0 Å². The largest absolute Gasteiger partial charge is 0.297 e. The Kier molecular flexibility index (Phi) is 4.54. The van der Waals surface area contributed by atoms with Crippen molar-refractivity contribution in [1.82, 2.24) is 4.90 Å². The molecule has 1 aliphatic rings. The van der Waals surface area contributed by atoms with Crippen LogP contribution in [-0.4, -0.2) is 30.3 Å². The lowest BCUT2D eigenvalue weighted by Crippen LogP contribution is -2.51. The van der Waals surface area contributed by atoms with Crippen molar-refractivity contribution in [2.24, 2.45) is 11.8 Å². The SMILES string of the molecule is CCC(C)(C(=O)C1CCC(C)CC1)N(C)C. The zero-order chi connectivity index (χ0) is 12.3. The highest BCUT2D eigenvalue weighted by Crippen LogP contribution is 2.33. The van der Waals surface area contributed by atoms with Crippen molar-refractivity contribution in [1.29, 1.82) is 0 Å². The van der Waals surface area contributed by atoms with Gasteiger partial charge in [0.15, 0.2) is 5.78 Å². The van der Waals surface area contributed by atoms with Crippen molar-refractivity contribution in [3.8, 4) is 0 Å². The normalized spacial score (nSPS) is 30.1. The molecule has 2 nitrogen and oxygen atoms in total. The number of hydrogen-bond acceptors (Lipinski definition) is 2. The van der Waals surface area contributed by atoms with Crippen LogP contribution in [0.3, 0.4) is 0 Å². The molecular weight excluding hydrogens is 198 g/mol. The number of hydrogen-bond donors (Lipinski definition) is 0. The van der Waals surface area contributed by atoms with Gasteiger partial charge in [0.05, 0.1) is 5.54 Å². The average Bonchev–Trinajstić information content (AvgIpc) is 2.27. The van der Waals surface area contributed by atoms with Crippen molar-refractivity contribution < 1.29 is 4.79 Å². The summed E-state index contributed by atoms with van der Waals surface area (Å²) in [5.41, 5.74) is -0.259. The highest BCUT2D eigenvalue weighted by atomic mass is 16.1. The number of Topliss-reactive ketones (excluding diaryl/α,β-unsaturated/α-hetero) is 1. The zero-order valence-corrected chi connectivity index (χ0v) is 11.5. The van der Waals surface area contributed by atoms with Crippen LogP contribution in [0.4, 0.5) is 0 Å². The number of likely N-dealkylation sites (N-methyl/N-ethyl adjacent to an activating group) is 1. The first kappa shape index (κ1) is 13.7. The molecule has 0 heterocycles. The Morgan fingerprint density at radius 1 is 1.25 bits per heavy atom. The van der Waals surface area contributed by atoms with E-state index < -0.39 is 0 Å². The van der Waals surface area contributed by atoms with Crippen LogP contribution >= 0.6 is 0 Å². The molecule has 0 aliphatic heterocycles. The van der Waals surface area contributed by atoms with Gasteiger partial charge in [-0.1, -0.05) is 26.7 Å². The molecule has 1 rings (SSSR count). The molecule has 0 aromatic rings. The van der Waals surface area contributed by atoms with Crippen LogP contribution in [-0.2, 0) is 4.79 Å². The van der Waals surface area contributed by atoms with Crippen LogP contribution in [0, 0.1) is 11.8 Å². The minimum Gasteiger partial charge on any atom is -0.297 e. The van der Waals surface area contributed by atoms with Gasteiger partial charge in [-0.2, -0.15) is 0 Å². The first-order valence-electron chi connectivity index (χ1n) is 6.63. The fourth-order valence-corrected chi connectivity index (χ4v) is 2.67. The summed E-state index contributed by atoms with van der Waals surface area (Å²) in [4.78, 5) is 14.6. The number of ketones is 1. The van der Waals surface area contributed by atoms with Gasteiger partial charge >= 0.3 is 0 Å². The van der Waals surface area contributed by atoms with E-state index in [0.29, 0.717) is 11.7 Å². The van der Waals surface area contributed by atoms with E-state index in [1.54, 1.807) is 0 Å². The molecule has 0 aromatic heterocycles. The van der Waals surface area contributed by atoms with Crippen LogP contribution in [0.5, 0.6) is 0 Å². The molecule has 0 amide bonds. The molecule has 0 aromatic carbocycles. The first-order chi connectivity index (χ1) is 7.41.